The zero-order valence-corrected chi connectivity index (χ0v) is 7.89. The number of aromatic nitrogens is 2. The summed E-state index contributed by atoms with van der Waals surface area (Å²) in [6.45, 7) is 4.60. The van der Waals surface area contributed by atoms with E-state index in [2.05, 4.69) is 11.2 Å². The Kier molecular flexibility index (Phi) is 2.72. The lowest BCUT2D eigenvalue weighted by Crippen LogP contribution is -1.96. The maximum absolute atomic E-state index is 8.75. The molecule has 1 heterocycles. The molecular formula is C8H10ClN3. The van der Waals surface area contributed by atoms with Crippen LogP contribution in [0.2, 0.25) is 5.15 Å². The van der Waals surface area contributed by atoms with E-state index in [4.69, 9.17) is 16.9 Å². The smallest absolute Gasteiger partial charge is 0.145 e. The molecule has 0 radical (unpaired) electrons. The maximum atomic E-state index is 8.75. The van der Waals surface area contributed by atoms with Crippen molar-refractivity contribution in [3.63, 3.8) is 0 Å². The van der Waals surface area contributed by atoms with Crippen molar-refractivity contribution in [3.05, 3.63) is 16.4 Å². The van der Waals surface area contributed by atoms with Crippen LogP contribution < -0.4 is 0 Å². The van der Waals surface area contributed by atoms with Crippen molar-refractivity contribution >= 4 is 11.6 Å². The van der Waals surface area contributed by atoms with Gasteiger partial charge in [-0.05, 0) is 13.3 Å². The van der Waals surface area contributed by atoms with Crippen molar-refractivity contribution in [2.75, 3.05) is 0 Å². The Morgan fingerprint density at radius 3 is 2.58 bits per heavy atom. The number of rotatable bonds is 2. The molecule has 1 rings (SSSR count). The highest BCUT2D eigenvalue weighted by atomic mass is 35.5. The Hall–Kier alpha value is -1.01. The van der Waals surface area contributed by atoms with Gasteiger partial charge in [0.25, 0.3) is 0 Å². The monoisotopic (exact) mass is 183 g/mol. The predicted octanol–water partition coefficient (Wildman–Crippen LogP) is 1.99. The lowest BCUT2D eigenvalue weighted by Gasteiger charge is -1.93. The third-order valence-electron chi connectivity index (χ3n) is 1.71. The third-order valence-corrected chi connectivity index (χ3v) is 2.09. The van der Waals surface area contributed by atoms with Crippen LogP contribution in [0.4, 0.5) is 0 Å². The molecule has 0 saturated carbocycles. The average Bonchev–Trinajstić information content (AvgIpc) is 2.41. The largest absolute Gasteiger partial charge is 0.253 e. The van der Waals surface area contributed by atoms with Crippen molar-refractivity contribution < 1.29 is 0 Å². The van der Waals surface area contributed by atoms with Crippen molar-refractivity contribution in [2.24, 2.45) is 0 Å². The molecule has 0 aliphatic heterocycles. The maximum Gasteiger partial charge on any atom is 0.145 e. The topological polar surface area (TPSA) is 41.6 Å². The second kappa shape index (κ2) is 3.59. The van der Waals surface area contributed by atoms with Crippen LogP contribution in [0.25, 0.3) is 0 Å². The lowest BCUT2D eigenvalue weighted by molar-refractivity contribution is 0.649. The van der Waals surface area contributed by atoms with E-state index in [0.29, 0.717) is 17.3 Å². The molecule has 0 bridgehead atoms. The molecule has 0 N–H and O–H groups in total. The summed E-state index contributed by atoms with van der Waals surface area (Å²) >= 11 is 5.89. The fraction of sp³-hybridized carbons (Fsp3) is 0.500. The average molecular weight is 184 g/mol. The number of aryl methyl sites for hydroxylation is 2. The summed E-state index contributed by atoms with van der Waals surface area (Å²) in [5.41, 5.74) is 1.30. The number of nitriles is 1. The summed E-state index contributed by atoms with van der Waals surface area (Å²) in [4.78, 5) is 0. The van der Waals surface area contributed by atoms with Crippen LogP contribution in [0.1, 0.15) is 25.1 Å². The quantitative estimate of drug-likeness (QED) is 0.704. The van der Waals surface area contributed by atoms with E-state index in [-0.39, 0.29) is 0 Å². The highest BCUT2D eigenvalue weighted by molar-refractivity contribution is 6.30. The molecular weight excluding hydrogens is 174 g/mol. The zero-order chi connectivity index (χ0) is 9.14. The van der Waals surface area contributed by atoms with Crippen LogP contribution in [0.15, 0.2) is 0 Å². The minimum absolute atomic E-state index is 0.455. The van der Waals surface area contributed by atoms with E-state index in [1.807, 2.05) is 13.8 Å². The molecule has 0 aromatic carbocycles. The minimum Gasteiger partial charge on any atom is -0.253 e. The molecule has 0 fully saturated rings. The van der Waals surface area contributed by atoms with E-state index < -0.39 is 0 Å². The zero-order valence-electron chi connectivity index (χ0n) is 7.13. The molecule has 0 spiro atoms. The first-order valence-corrected chi connectivity index (χ1v) is 4.27. The molecule has 0 unspecified atom stereocenters. The van der Waals surface area contributed by atoms with Gasteiger partial charge in [0.15, 0.2) is 0 Å². The van der Waals surface area contributed by atoms with Crippen molar-refractivity contribution in [3.8, 4) is 6.07 Å². The van der Waals surface area contributed by atoms with Crippen LogP contribution in [-0.4, -0.2) is 9.78 Å². The normalized spacial score (nSPS) is 9.83. The predicted molar refractivity (Wildman–Crippen MR) is 47.0 cm³/mol. The van der Waals surface area contributed by atoms with Gasteiger partial charge in [-0.25, -0.2) is 0 Å². The molecule has 12 heavy (non-hydrogen) atoms. The molecule has 64 valence electrons. The van der Waals surface area contributed by atoms with Crippen LogP contribution in [-0.2, 0) is 13.0 Å². The van der Waals surface area contributed by atoms with Crippen molar-refractivity contribution in [1.82, 2.24) is 9.78 Å². The van der Waals surface area contributed by atoms with Crippen LogP contribution in [0.3, 0.4) is 0 Å². The van der Waals surface area contributed by atoms with Gasteiger partial charge in [-0.3, -0.25) is 4.68 Å². The molecule has 1 aromatic heterocycles. The summed E-state index contributed by atoms with van der Waals surface area (Å²) in [6.07, 6.45) is 0.746. The second-order valence-corrected chi connectivity index (χ2v) is 2.75. The summed E-state index contributed by atoms with van der Waals surface area (Å²) in [5, 5.41) is 13.4. The second-order valence-electron chi connectivity index (χ2n) is 2.39. The molecule has 0 aliphatic rings. The van der Waals surface area contributed by atoms with Crippen LogP contribution in [0, 0.1) is 11.3 Å². The van der Waals surface area contributed by atoms with E-state index >= 15 is 0 Å². The van der Waals surface area contributed by atoms with E-state index in [1.54, 1.807) is 4.68 Å². The summed E-state index contributed by atoms with van der Waals surface area (Å²) in [7, 11) is 0. The van der Waals surface area contributed by atoms with Crippen molar-refractivity contribution in [2.45, 2.75) is 26.8 Å². The van der Waals surface area contributed by atoms with E-state index in [0.717, 1.165) is 12.1 Å². The molecule has 1 aromatic rings. The Morgan fingerprint density at radius 2 is 2.25 bits per heavy atom. The van der Waals surface area contributed by atoms with E-state index in [9.17, 15) is 0 Å². The van der Waals surface area contributed by atoms with Gasteiger partial charge in [0.1, 0.15) is 16.8 Å². The summed E-state index contributed by atoms with van der Waals surface area (Å²) < 4.78 is 1.64. The molecule has 0 aliphatic carbocycles. The van der Waals surface area contributed by atoms with Crippen LogP contribution in [0.5, 0.6) is 0 Å². The number of hydrogen-bond donors (Lipinski definition) is 0. The van der Waals surface area contributed by atoms with Gasteiger partial charge >= 0.3 is 0 Å². The molecule has 0 saturated heterocycles. The lowest BCUT2D eigenvalue weighted by atomic mass is 10.2. The number of nitrogens with zero attached hydrogens (tertiary/aromatic N) is 3. The minimum atomic E-state index is 0.455. The summed E-state index contributed by atoms with van der Waals surface area (Å²) in [6, 6.07) is 2.05. The molecule has 3 nitrogen and oxygen atoms in total. The van der Waals surface area contributed by atoms with Crippen LogP contribution >= 0.6 is 11.6 Å². The molecule has 0 amide bonds. The van der Waals surface area contributed by atoms with Gasteiger partial charge in [0, 0.05) is 6.54 Å². The fourth-order valence-corrected chi connectivity index (χ4v) is 1.36. The highest BCUT2D eigenvalue weighted by Crippen LogP contribution is 2.19. The first-order chi connectivity index (χ1) is 5.74. The Morgan fingerprint density at radius 1 is 1.58 bits per heavy atom. The van der Waals surface area contributed by atoms with Crippen molar-refractivity contribution in [1.29, 1.82) is 5.26 Å². The summed E-state index contributed by atoms with van der Waals surface area (Å²) in [5.74, 6) is 0. The third kappa shape index (κ3) is 1.30. The van der Waals surface area contributed by atoms with E-state index in [1.165, 1.54) is 0 Å². The number of hydrogen-bond acceptors (Lipinski definition) is 2. The van der Waals surface area contributed by atoms with Gasteiger partial charge in [-0.15, -0.1) is 0 Å². The Bertz CT molecular complexity index is 322. The van der Waals surface area contributed by atoms with Gasteiger partial charge < -0.3 is 0 Å². The Labute approximate surface area is 76.6 Å². The Balaban J connectivity index is 3.25. The highest BCUT2D eigenvalue weighted by Gasteiger charge is 2.12. The van der Waals surface area contributed by atoms with Gasteiger partial charge in [-0.2, -0.15) is 10.4 Å². The van der Waals surface area contributed by atoms with Gasteiger partial charge in [0.2, 0.25) is 0 Å². The fourth-order valence-electron chi connectivity index (χ4n) is 1.06. The SMILES string of the molecule is CCc1nn(CC)c(Cl)c1C#N. The first-order valence-electron chi connectivity index (χ1n) is 3.89. The molecule has 4 heteroatoms. The van der Waals surface area contributed by atoms with Gasteiger partial charge in [0.05, 0.1) is 5.69 Å². The molecule has 0 atom stereocenters. The number of halogens is 1. The first kappa shape index (κ1) is 9.08. The standard InChI is InChI=1S/C8H10ClN3/c1-3-7-6(5-10)8(9)12(4-2)11-7/h3-4H2,1-2H3. The van der Waals surface area contributed by atoms with Gasteiger partial charge in [-0.1, -0.05) is 18.5 Å².